The molecule has 1 heterocycles. The number of nitrogens with zero attached hydrogens (tertiary/aromatic N) is 2. The summed E-state index contributed by atoms with van der Waals surface area (Å²) in [6, 6.07) is 20.3. The smallest absolute Gasteiger partial charge is 0.142 e. The topological polar surface area (TPSA) is 62.7 Å². The molecule has 0 fully saturated rings. The minimum absolute atomic E-state index is 0.280. The Bertz CT molecular complexity index is 906. The lowest BCUT2D eigenvalue weighted by atomic mass is 9.88. The Balaban J connectivity index is 2.46. The van der Waals surface area contributed by atoms with Gasteiger partial charge in [0.15, 0.2) is 0 Å². The maximum absolute atomic E-state index is 9.64. The van der Waals surface area contributed by atoms with Crippen LogP contribution in [0, 0.1) is 25.2 Å². The summed E-state index contributed by atoms with van der Waals surface area (Å²) in [5, 5.41) is 9.64. The van der Waals surface area contributed by atoms with Crippen LogP contribution in [0.25, 0.3) is 22.3 Å². The number of hydrogen-bond donors (Lipinski definition) is 1. The molecule has 112 valence electrons. The van der Waals surface area contributed by atoms with Gasteiger partial charge in [0.25, 0.3) is 0 Å². The SMILES string of the molecule is Cc1ccccc1-c1c(C#N)c(N)nc(C)c1-c1ccccc1. The van der Waals surface area contributed by atoms with E-state index in [0.717, 1.165) is 33.5 Å². The standard InChI is InChI=1S/C20H17N3/c1-13-8-6-7-11-16(13)19-17(12-21)20(22)23-14(2)18(19)15-9-4-3-5-10-15/h3-11H,1-2H3,(H2,22,23). The van der Waals surface area contributed by atoms with Crippen molar-refractivity contribution in [1.29, 1.82) is 5.26 Å². The van der Waals surface area contributed by atoms with Crippen molar-refractivity contribution in [2.24, 2.45) is 0 Å². The van der Waals surface area contributed by atoms with Gasteiger partial charge in [-0.3, -0.25) is 0 Å². The van der Waals surface area contributed by atoms with E-state index in [1.54, 1.807) is 0 Å². The summed E-state index contributed by atoms with van der Waals surface area (Å²) < 4.78 is 0. The zero-order valence-electron chi connectivity index (χ0n) is 13.2. The number of hydrogen-bond acceptors (Lipinski definition) is 3. The lowest BCUT2D eigenvalue weighted by molar-refractivity contribution is 1.20. The van der Waals surface area contributed by atoms with Gasteiger partial charge < -0.3 is 5.73 Å². The predicted molar refractivity (Wildman–Crippen MR) is 93.7 cm³/mol. The summed E-state index contributed by atoms with van der Waals surface area (Å²) in [5.74, 6) is 0.280. The molecule has 3 heteroatoms. The second kappa shape index (κ2) is 5.94. The van der Waals surface area contributed by atoms with Gasteiger partial charge in [-0.2, -0.15) is 5.26 Å². The zero-order chi connectivity index (χ0) is 16.4. The number of pyridine rings is 1. The molecule has 0 unspecified atom stereocenters. The first-order chi connectivity index (χ1) is 11.1. The van der Waals surface area contributed by atoms with Gasteiger partial charge in [-0.1, -0.05) is 54.6 Å². The number of nitrogens with two attached hydrogens (primary N) is 1. The van der Waals surface area contributed by atoms with E-state index in [-0.39, 0.29) is 5.82 Å². The van der Waals surface area contributed by atoms with Crippen molar-refractivity contribution < 1.29 is 0 Å². The van der Waals surface area contributed by atoms with Gasteiger partial charge in [0.1, 0.15) is 17.5 Å². The third kappa shape index (κ3) is 2.56. The van der Waals surface area contributed by atoms with Gasteiger partial charge in [0.2, 0.25) is 0 Å². The quantitative estimate of drug-likeness (QED) is 0.758. The van der Waals surface area contributed by atoms with Gasteiger partial charge in [-0.15, -0.1) is 0 Å². The number of aryl methyl sites for hydroxylation is 2. The van der Waals surface area contributed by atoms with Crippen LogP contribution in [-0.2, 0) is 0 Å². The second-order valence-corrected chi connectivity index (χ2v) is 5.50. The number of rotatable bonds is 2. The molecule has 2 aromatic carbocycles. The van der Waals surface area contributed by atoms with Crippen molar-refractivity contribution in [3.63, 3.8) is 0 Å². The van der Waals surface area contributed by atoms with Crippen LogP contribution in [0.1, 0.15) is 16.8 Å². The monoisotopic (exact) mass is 299 g/mol. The van der Waals surface area contributed by atoms with Crippen LogP contribution in [0.2, 0.25) is 0 Å². The highest BCUT2D eigenvalue weighted by atomic mass is 14.8. The maximum Gasteiger partial charge on any atom is 0.142 e. The van der Waals surface area contributed by atoms with Crippen molar-refractivity contribution in [1.82, 2.24) is 4.98 Å². The number of nitrogen functional groups attached to an aromatic ring is 1. The van der Waals surface area contributed by atoms with Gasteiger partial charge in [0, 0.05) is 16.8 Å². The predicted octanol–water partition coefficient (Wildman–Crippen LogP) is 4.49. The molecule has 1 aromatic heterocycles. The minimum atomic E-state index is 0.280. The van der Waals surface area contributed by atoms with E-state index in [1.807, 2.05) is 68.4 Å². The number of aromatic nitrogens is 1. The molecule has 0 spiro atoms. The first kappa shape index (κ1) is 14.8. The average molecular weight is 299 g/mol. The third-order valence-corrected chi connectivity index (χ3v) is 3.99. The highest BCUT2D eigenvalue weighted by Gasteiger charge is 2.20. The molecular weight excluding hydrogens is 282 g/mol. The molecule has 3 nitrogen and oxygen atoms in total. The lowest BCUT2D eigenvalue weighted by Crippen LogP contribution is -2.03. The van der Waals surface area contributed by atoms with Gasteiger partial charge in [-0.05, 0) is 30.5 Å². The minimum Gasteiger partial charge on any atom is -0.383 e. The molecular formula is C20H17N3. The van der Waals surface area contributed by atoms with E-state index in [0.29, 0.717) is 5.56 Å². The lowest BCUT2D eigenvalue weighted by Gasteiger charge is -2.17. The van der Waals surface area contributed by atoms with E-state index in [2.05, 4.69) is 11.1 Å². The Kier molecular flexibility index (Phi) is 3.82. The molecule has 23 heavy (non-hydrogen) atoms. The largest absolute Gasteiger partial charge is 0.383 e. The van der Waals surface area contributed by atoms with Crippen LogP contribution in [-0.4, -0.2) is 4.98 Å². The third-order valence-electron chi connectivity index (χ3n) is 3.99. The van der Waals surface area contributed by atoms with Crippen molar-refractivity contribution in [3.8, 4) is 28.3 Å². The number of benzene rings is 2. The summed E-state index contributed by atoms with van der Waals surface area (Å²) >= 11 is 0. The zero-order valence-corrected chi connectivity index (χ0v) is 13.2. The Morgan fingerprint density at radius 1 is 0.913 bits per heavy atom. The Morgan fingerprint density at radius 3 is 2.22 bits per heavy atom. The molecule has 0 aliphatic heterocycles. The second-order valence-electron chi connectivity index (χ2n) is 5.50. The molecule has 3 aromatic rings. The summed E-state index contributed by atoms with van der Waals surface area (Å²) in [7, 11) is 0. The van der Waals surface area contributed by atoms with Crippen molar-refractivity contribution in [3.05, 3.63) is 71.4 Å². The van der Waals surface area contributed by atoms with E-state index in [4.69, 9.17) is 5.73 Å². The molecule has 0 atom stereocenters. The summed E-state index contributed by atoms with van der Waals surface area (Å²) in [6.07, 6.45) is 0. The van der Waals surface area contributed by atoms with Gasteiger partial charge in [0.05, 0.1) is 0 Å². The fourth-order valence-electron chi connectivity index (χ4n) is 2.92. The fraction of sp³-hybridized carbons (Fsp3) is 0.100. The molecule has 0 aliphatic carbocycles. The first-order valence-corrected chi connectivity index (χ1v) is 7.45. The molecule has 2 N–H and O–H groups in total. The molecule has 3 rings (SSSR count). The summed E-state index contributed by atoms with van der Waals surface area (Å²) in [6.45, 7) is 3.97. The first-order valence-electron chi connectivity index (χ1n) is 7.45. The average Bonchev–Trinajstić information content (AvgIpc) is 2.55. The number of anilines is 1. The highest BCUT2D eigenvalue weighted by molar-refractivity contribution is 5.92. The summed E-state index contributed by atoms with van der Waals surface area (Å²) in [4.78, 5) is 4.39. The number of nitriles is 1. The summed E-state index contributed by atoms with van der Waals surface area (Å²) in [5.41, 5.74) is 12.3. The van der Waals surface area contributed by atoms with Crippen LogP contribution in [0.15, 0.2) is 54.6 Å². The van der Waals surface area contributed by atoms with Crippen LogP contribution in [0.5, 0.6) is 0 Å². The highest BCUT2D eigenvalue weighted by Crippen LogP contribution is 2.39. The molecule has 0 saturated carbocycles. The molecule has 0 amide bonds. The van der Waals surface area contributed by atoms with E-state index in [1.165, 1.54) is 0 Å². The van der Waals surface area contributed by atoms with E-state index in [9.17, 15) is 5.26 Å². The van der Waals surface area contributed by atoms with E-state index < -0.39 is 0 Å². The van der Waals surface area contributed by atoms with E-state index >= 15 is 0 Å². The van der Waals surface area contributed by atoms with Crippen LogP contribution >= 0.6 is 0 Å². The fourth-order valence-corrected chi connectivity index (χ4v) is 2.92. The Labute approximate surface area is 136 Å². The maximum atomic E-state index is 9.64. The van der Waals surface area contributed by atoms with Gasteiger partial charge in [-0.25, -0.2) is 4.98 Å². The molecule has 0 radical (unpaired) electrons. The van der Waals surface area contributed by atoms with Crippen LogP contribution < -0.4 is 5.73 Å². The van der Waals surface area contributed by atoms with Crippen LogP contribution in [0.3, 0.4) is 0 Å². The Hall–Kier alpha value is -3.12. The van der Waals surface area contributed by atoms with Crippen molar-refractivity contribution >= 4 is 5.82 Å². The van der Waals surface area contributed by atoms with Crippen molar-refractivity contribution in [2.45, 2.75) is 13.8 Å². The Morgan fingerprint density at radius 2 is 1.57 bits per heavy atom. The van der Waals surface area contributed by atoms with Gasteiger partial charge >= 0.3 is 0 Å². The molecule has 0 saturated heterocycles. The van der Waals surface area contributed by atoms with Crippen LogP contribution in [0.4, 0.5) is 5.82 Å². The molecule has 0 bridgehead atoms. The normalized spacial score (nSPS) is 10.3. The van der Waals surface area contributed by atoms with Crippen molar-refractivity contribution in [2.75, 3.05) is 5.73 Å². The molecule has 0 aliphatic rings.